The van der Waals surface area contributed by atoms with Crippen LogP contribution < -0.4 is 5.32 Å². The number of rotatable bonds is 6. The van der Waals surface area contributed by atoms with Gasteiger partial charge >= 0.3 is 0 Å². The van der Waals surface area contributed by atoms with Crippen molar-refractivity contribution in [2.45, 2.75) is 44.4 Å². The van der Waals surface area contributed by atoms with E-state index in [9.17, 15) is 0 Å². The van der Waals surface area contributed by atoms with Crippen LogP contribution in [0.5, 0.6) is 0 Å². The average Bonchev–Trinajstić information content (AvgIpc) is 3.23. The molecule has 0 spiro atoms. The molecule has 2 aromatic rings. The van der Waals surface area contributed by atoms with Crippen LogP contribution in [0.3, 0.4) is 0 Å². The second-order valence-electron chi connectivity index (χ2n) is 6.90. The summed E-state index contributed by atoms with van der Waals surface area (Å²) >= 11 is 0. The Bertz CT molecular complexity index is 673. The molecule has 0 aromatic heterocycles. The third-order valence-corrected chi connectivity index (χ3v) is 5.00. The van der Waals surface area contributed by atoms with Gasteiger partial charge in [0.15, 0.2) is 0 Å². The Labute approximate surface area is 149 Å². The van der Waals surface area contributed by atoms with Crippen molar-refractivity contribution >= 4 is 0 Å². The van der Waals surface area contributed by atoms with Gasteiger partial charge in [0.25, 0.3) is 0 Å². The molecule has 4 nitrogen and oxygen atoms in total. The number of benzene rings is 2. The number of ether oxygens (including phenoxy) is 3. The molecule has 0 bridgehead atoms. The first-order valence-electron chi connectivity index (χ1n) is 8.97. The van der Waals surface area contributed by atoms with Crippen LogP contribution in [0.4, 0.5) is 0 Å². The number of nitrogens with one attached hydrogen (secondary N) is 1. The predicted molar refractivity (Wildman–Crippen MR) is 96.3 cm³/mol. The number of aryl methyl sites for hydroxylation is 1. The van der Waals surface area contributed by atoms with Gasteiger partial charge in [-0.1, -0.05) is 60.2 Å². The summed E-state index contributed by atoms with van der Waals surface area (Å²) in [6.07, 6.45) is 0.113. The summed E-state index contributed by atoms with van der Waals surface area (Å²) in [4.78, 5) is 0. The normalized spacial score (nSPS) is 28.2. The summed E-state index contributed by atoms with van der Waals surface area (Å²) in [6, 6.07) is 19.1. The molecule has 0 radical (unpaired) electrons. The summed E-state index contributed by atoms with van der Waals surface area (Å²) in [5.74, 6) is 0. The summed E-state index contributed by atoms with van der Waals surface area (Å²) in [5, 5.41) is 3.58. The molecule has 4 atom stereocenters. The summed E-state index contributed by atoms with van der Waals surface area (Å²) < 4.78 is 18.0. The third kappa shape index (κ3) is 3.93. The van der Waals surface area contributed by atoms with E-state index in [1.54, 1.807) is 0 Å². The smallest absolute Gasteiger partial charge is 0.114 e. The second kappa shape index (κ2) is 7.67. The minimum Gasteiger partial charge on any atom is -0.371 e. The Hall–Kier alpha value is -1.72. The largest absolute Gasteiger partial charge is 0.371 e. The van der Waals surface area contributed by atoms with Crippen LogP contribution in [0.25, 0.3) is 0 Å². The lowest BCUT2D eigenvalue weighted by atomic mass is 10.1. The van der Waals surface area contributed by atoms with E-state index in [1.165, 1.54) is 16.7 Å². The van der Waals surface area contributed by atoms with Gasteiger partial charge in [-0.3, -0.25) is 0 Å². The van der Waals surface area contributed by atoms with Gasteiger partial charge in [-0.2, -0.15) is 0 Å². The van der Waals surface area contributed by atoms with E-state index >= 15 is 0 Å². The molecule has 4 heteroatoms. The lowest BCUT2D eigenvalue weighted by Crippen LogP contribution is -2.41. The van der Waals surface area contributed by atoms with E-state index in [0.29, 0.717) is 19.8 Å². The lowest BCUT2D eigenvalue weighted by Gasteiger charge is -2.18. The molecule has 2 saturated heterocycles. The van der Waals surface area contributed by atoms with Crippen LogP contribution in [0.2, 0.25) is 0 Å². The molecule has 25 heavy (non-hydrogen) atoms. The molecule has 0 saturated carbocycles. The Morgan fingerprint density at radius 1 is 0.920 bits per heavy atom. The lowest BCUT2D eigenvalue weighted by molar-refractivity contribution is -0.0393. The van der Waals surface area contributed by atoms with Gasteiger partial charge in [0, 0.05) is 6.54 Å². The zero-order valence-corrected chi connectivity index (χ0v) is 14.6. The fourth-order valence-corrected chi connectivity index (χ4v) is 3.51. The first kappa shape index (κ1) is 16.7. The first-order chi connectivity index (χ1) is 12.3. The van der Waals surface area contributed by atoms with E-state index in [1.807, 2.05) is 18.2 Å². The van der Waals surface area contributed by atoms with Gasteiger partial charge in [-0.15, -0.1) is 0 Å². The maximum Gasteiger partial charge on any atom is 0.114 e. The van der Waals surface area contributed by atoms with Crippen molar-refractivity contribution in [1.82, 2.24) is 5.32 Å². The van der Waals surface area contributed by atoms with Gasteiger partial charge < -0.3 is 19.5 Å². The third-order valence-electron chi connectivity index (χ3n) is 5.00. The number of hydrogen-bond acceptors (Lipinski definition) is 4. The van der Waals surface area contributed by atoms with Crippen molar-refractivity contribution < 1.29 is 14.2 Å². The van der Waals surface area contributed by atoms with Crippen LogP contribution in [0, 0.1) is 6.92 Å². The molecular formula is C21H25NO3. The van der Waals surface area contributed by atoms with Crippen molar-refractivity contribution in [3.63, 3.8) is 0 Å². The first-order valence-corrected chi connectivity index (χ1v) is 8.97. The quantitative estimate of drug-likeness (QED) is 0.878. The van der Waals surface area contributed by atoms with Crippen molar-refractivity contribution in [2.75, 3.05) is 13.2 Å². The Morgan fingerprint density at radius 3 is 2.48 bits per heavy atom. The highest BCUT2D eigenvalue weighted by atomic mass is 16.6. The van der Waals surface area contributed by atoms with Crippen molar-refractivity contribution in [2.24, 2.45) is 0 Å². The van der Waals surface area contributed by atoms with E-state index < -0.39 is 0 Å². The summed E-state index contributed by atoms with van der Waals surface area (Å²) in [5.41, 5.74) is 3.74. The maximum atomic E-state index is 6.05. The van der Waals surface area contributed by atoms with Crippen molar-refractivity contribution in [3.8, 4) is 0 Å². The fourth-order valence-electron chi connectivity index (χ4n) is 3.51. The van der Waals surface area contributed by atoms with E-state index in [4.69, 9.17) is 14.2 Å². The molecule has 0 amide bonds. The molecule has 0 unspecified atom stereocenters. The molecular weight excluding hydrogens is 314 g/mol. The van der Waals surface area contributed by atoms with Gasteiger partial charge in [0.2, 0.25) is 0 Å². The standard InChI is InChI=1S/C21H25NO3/c1-15-7-9-16(10-8-15)11-22-18-13-24-21-19(14-25-20(18)21)23-12-17-5-3-2-4-6-17/h2-10,18-22H,11-14H2,1H3/t18-,19+,20-,21-/m1/s1. The summed E-state index contributed by atoms with van der Waals surface area (Å²) in [7, 11) is 0. The van der Waals surface area contributed by atoms with Crippen LogP contribution >= 0.6 is 0 Å². The van der Waals surface area contributed by atoms with E-state index in [2.05, 4.69) is 48.6 Å². The van der Waals surface area contributed by atoms with Crippen LogP contribution in [0.15, 0.2) is 54.6 Å². The number of hydrogen-bond donors (Lipinski definition) is 1. The molecule has 132 valence electrons. The Balaban J connectivity index is 1.28. The van der Waals surface area contributed by atoms with Crippen molar-refractivity contribution in [3.05, 3.63) is 71.3 Å². The Morgan fingerprint density at radius 2 is 1.68 bits per heavy atom. The molecule has 0 aliphatic carbocycles. The SMILES string of the molecule is Cc1ccc(CN[C@@H]2CO[C@H]3[C@@H]2OC[C@@H]3OCc2ccccc2)cc1. The fraction of sp³-hybridized carbons (Fsp3) is 0.429. The monoisotopic (exact) mass is 339 g/mol. The molecule has 2 aliphatic heterocycles. The minimum absolute atomic E-state index is 0.0105. The average molecular weight is 339 g/mol. The minimum atomic E-state index is 0.0105. The number of fused-ring (bicyclic) bond motifs is 1. The topological polar surface area (TPSA) is 39.7 Å². The highest BCUT2D eigenvalue weighted by molar-refractivity contribution is 5.21. The molecule has 1 N–H and O–H groups in total. The molecule has 4 rings (SSSR count). The molecule has 2 aliphatic rings. The second-order valence-corrected chi connectivity index (χ2v) is 6.90. The highest BCUT2D eigenvalue weighted by Gasteiger charge is 2.48. The predicted octanol–water partition coefficient (Wildman–Crippen LogP) is 2.84. The van der Waals surface area contributed by atoms with E-state index in [-0.39, 0.29) is 24.4 Å². The molecule has 2 aromatic carbocycles. The Kier molecular flexibility index (Phi) is 5.13. The van der Waals surface area contributed by atoms with Gasteiger partial charge in [-0.25, -0.2) is 0 Å². The summed E-state index contributed by atoms with van der Waals surface area (Å²) in [6.45, 7) is 4.81. The molecule has 2 heterocycles. The van der Waals surface area contributed by atoms with Gasteiger partial charge in [0.05, 0.1) is 25.9 Å². The van der Waals surface area contributed by atoms with Crippen LogP contribution in [-0.2, 0) is 27.4 Å². The maximum absolute atomic E-state index is 6.05. The van der Waals surface area contributed by atoms with E-state index in [0.717, 1.165) is 6.54 Å². The van der Waals surface area contributed by atoms with Gasteiger partial charge in [0.1, 0.15) is 18.3 Å². The molecule has 2 fully saturated rings. The van der Waals surface area contributed by atoms with Crippen LogP contribution in [0.1, 0.15) is 16.7 Å². The zero-order chi connectivity index (χ0) is 17.1. The highest BCUT2D eigenvalue weighted by Crippen LogP contribution is 2.29. The van der Waals surface area contributed by atoms with Crippen LogP contribution in [-0.4, -0.2) is 37.6 Å². The van der Waals surface area contributed by atoms with Gasteiger partial charge in [-0.05, 0) is 18.1 Å². The van der Waals surface area contributed by atoms with Crippen molar-refractivity contribution in [1.29, 1.82) is 0 Å². The zero-order valence-electron chi connectivity index (χ0n) is 14.6.